The number of piperidine rings is 1. The Morgan fingerprint density at radius 2 is 2.05 bits per heavy atom. The highest BCUT2D eigenvalue weighted by Crippen LogP contribution is 2.47. The Bertz CT molecular complexity index is 1280. The molecule has 202 valence electrons. The number of aromatic nitrogens is 1. The van der Waals surface area contributed by atoms with Gasteiger partial charge in [0, 0.05) is 30.5 Å². The predicted molar refractivity (Wildman–Crippen MR) is 143 cm³/mol. The Hall–Kier alpha value is -3.25. The van der Waals surface area contributed by atoms with Crippen molar-refractivity contribution in [2.75, 3.05) is 20.2 Å². The van der Waals surface area contributed by atoms with Crippen molar-refractivity contribution in [1.29, 1.82) is 5.26 Å². The minimum absolute atomic E-state index is 0.0707. The zero-order chi connectivity index (χ0) is 26.9. The molecule has 0 radical (unpaired) electrons. The molecule has 3 fully saturated rings. The molecule has 3 aliphatic rings. The molecule has 2 aromatic rings. The van der Waals surface area contributed by atoms with Crippen LogP contribution in [0.4, 0.5) is 0 Å². The summed E-state index contributed by atoms with van der Waals surface area (Å²) in [7, 11) is 1.56. The van der Waals surface area contributed by atoms with Gasteiger partial charge in [0.2, 0.25) is 11.8 Å². The van der Waals surface area contributed by atoms with Crippen molar-refractivity contribution in [3.8, 4) is 11.8 Å². The number of hydrogen-bond donors (Lipinski definition) is 3. The lowest BCUT2D eigenvalue weighted by atomic mass is 9.72. The molecular weight excluding hydrogens is 506 g/mol. The molecule has 2 aliphatic heterocycles. The first-order valence-electron chi connectivity index (χ1n) is 13.5. The number of hydrogen-bond acceptors (Lipinski definition) is 5. The Kier molecular flexibility index (Phi) is 7.53. The molecule has 1 aromatic heterocycles. The molecule has 2 saturated heterocycles. The van der Waals surface area contributed by atoms with Gasteiger partial charge in [-0.15, -0.1) is 0 Å². The number of carbonyl (C=O) groups is 3. The number of halogens is 1. The first kappa shape index (κ1) is 26.4. The number of amides is 3. The first-order chi connectivity index (χ1) is 18.3. The van der Waals surface area contributed by atoms with E-state index in [1.54, 1.807) is 24.1 Å². The summed E-state index contributed by atoms with van der Waals surface area (Å²) in [5.41, 5.74) is 0.893. The number of fused-ring (bicyclic) bond motifs is 1. The minimum atomic E-state index is -0.796. The van der Waals surface area contributed by atoms with Gasteiger partial charge in [0.1, 0.15) is 23.5 Å². The molecule has 1 aliphatic carbocycles. The van der Waals surface area contributed by atoms with Gasteiger partial charge in [-0.3, -0.25) is 14.4 Å². The van der Waals surface area contributed by atoms with Gasteiger partial charge in [0.05, 0.1) is 23.7 Å². The monoisotopic (exact) mass is 539 g/mol. The number of likely N-dealkylation sites (tertiary alicyclic amines) is 1. The largest absolute Gasteiger partial charge is 0.497 e. The van der Waals surface area contributed by atoms with Crippen LogP contribution in [0.3, 0.4) is 0 Å². The highest BCUT2D eigenvalue weighted by atomic mass is 35.5. The Balaban J connectivity index is 1.38. The molecule has 3 atom stereocenters. The highest BCUT2D eigenvalue weighted by molar-refractivity contribution is 6.35. The number of benzene rings is 1. The second kappa shape index (κ2) is 10.9. The van der Waals surface area contributed by atoms with E-state index in [1.165, 1.54) is 0 Å². The van der Waals surface area contributed by atoms with E-state index in [0.29, 0.717) is 47.9 Å². The Morgan fingerprint density at radius 3 is 2.76 bits per heavy atom. The van der Waals surface area contributed by atoms with Crippen molar-refractivity contribution < 1.29 is 19.1 Å². The van der Waals surface area contributed by atoms with Gasteiger partial charge in [-0.2, -0.15) is 5.26 Å². The van der Waals surface area contributed by atoms with Crippen molar-refractivity contribution in [2.45, 2.75) is 69.9 Å². The smallest absolute Gasteiger partial charge is 0.271 e. The standard InChI is InChI=1S/C28H34ClN5O4/c1-38-20-11-18-12-22(33-24(18)21(29)13-20)27(37)34-16-28(7-3-2-4-8-28)14-23(34)26(36)32-19(15-30)10-17-6-5-9-31-25(17)35/h11-13,17,19,23,33H,2-10,14,16H2,1H3,(H,31,35)(H,32,36). The number of nitrogens with zero attached hydrogens (tertiary/aromatic N) is 2. The molecule has 1 saturated carbocycles. The van der Waals surface area contributed by atoms with E-state index in [0.717, 1.165) is 43.9 Å². The van der Waals surface area contributed by atoms with Crippen LogP contribution in [0, 0.1) is 22.7 Å². The Morgan fingerprint density at radius 1 is 1.26 bits per heavy atom. The zero-order valence-electron chi connectivity index (χ0n) is 21.6. The van der Waals surface area contributed by atoms with Crippen LogP contribution < -0.4 is 15.4 Å². The number of methoxy groups -OCH3 is 1. The maximum absolute atomic E-state index is 13.9. The van der Waals surface area contributed by atoms with Gasteiger partial charge in [0.15, 0.2) is 0 Å². The summed E-state index contributed by atoms with van der Waals surface area (Å²) >= 11 is 6.42. The maximum Gasteiger partial charge on any atom is 0.271 e. The molecule has 5 rings (SSSR count). The highest BCUT2D eigenvalue weighted by Gasteiger charge is 2.49. The van der Waals surface area contributed by atoms with Crippen molar-refractivity contribution in [3.05, 3.63) is 28.9 Å². The van der Waals surface area contributed by atoms with Crippen molar-refractivity contribution in [3.63, 3.8) is 0 Å². The lowest BCUT2D eigenvalue weighted by Gasteiger charge is -2.32. The fourth-order valence-corrected chi connectivity index (χ4v) is 6.75. The number of nitrogens with one attached hydrogen (secondary N) is 3. The lowest BCUT2D eigenvalue weighted by Crippen LogP contribution is -2.49. The summed E-state index contributed by atoms with van der Waals surface area (Å²) < 4.78 is 5.31. The maximum atomic E-state index is 13.9. The third-order valence-electron chi connectivity index (χ3n) is 8.50. The molecule has 3 amide bonds. The van der Waals surface area contributed by atoms with Crippen molar-refractivity contribution in [1.82, 2.24) is 20.5 Å². The van der Waals surface area contributed by atoms with Crippen LogP contribution in [0.5, 0.6) is 5.75 Å². The van der Waals surface area contributed by atoms with E-state index in [9.17, 15) is 19.6 Å². The van der Waals surface area contributed by atoms with Crippen LogP contribution in [0.15, 0.2) is 18.2 Å². The van der Waals surface area contributed by atoms with Gasteiger partial charge in [0.25, 0.3) is 5.91 Å². The molecule has 3 N–H and O–H groups in total. The van der Waals surface area contributed by atoms with Crippen LogP contribution in [-0.4, -0.2) is 59.9 Å². The molecular formula is C28H34ClN5O4. The van der Waals surface area contributed by atoms with Crippen LogP contribution in [-0.2, 0) is 9.59 Å². The fourth-order valence-electron chi connectivity index (χ4n) is 6.49. The number of ether oxygens (including phenoxy) is 1. The van der Waals surface area contributed by atoms with Crippen LogP contribution in [0.2, 0.25) is 5.02 Å². The lowest BCUT2D eigenvalue weighted by molar-refractivity contribution is -0.128. The molecule has 3 unspecified atom stereocenters. The van der Waals surface area contributed by atoms with Crippen LogP contribution in [0.25, 0.3) is 10.9 Å². The molecule has 1 aromatic carbocycles. The molecule has 1 spiro atoms. The normalized spacial score (nSPS) is 23.6. The Labute approximate surface area is 227 Å². The van der Waals surface area contributed by atoms with E-state index < -0.39 is 12.1 Å². The average Bonchev–Trinajstić information content (AvgIpc) is 3.52. The molecule has 3 heterocycles. The van der Waals surface area contributed by atoms with Gasteiger partial charge < -0.3 is 25.3 Å². The molecule has 9 nitrogen and oxygen atoms in total. The van der Waals surface area contributed by atoms with E-state index in [1.807, 2.05) is 6.07 Å². The number of nitriles is 1. The van der Waals surface area contributed by atoms with E-state index >= 15 is 0 Å². The summed E-state index contributed by atoms with van der Waals surface area (Å²) in [4.78, 5) is 44.5. The van der Waals surface area contributed by atoms with E-state index in [-0.39, 0.29) is 35.5 Å². The molecule has 10 heteroatoms. The zero-order valence-corrected chi connectivity index (χ0v) is 22.4. The number of aromatic amines is 1. The fraction of sp³-hybridized carbons (Fsp3) is 0.571. The summed E-state index contributed by atoms with van der Waals surface area (Å²) in [6.45, 7) is 1.14. The SMILES string of the molecule is COc1cc(Cl)c2[nH]c(C(=O)N3CC4(CCCCC4)CC3C(=O)NC(C#N)CC3CCCNC3=O)cc2c1. The van der Waals surface area contributed by atoms with Crippen molar-refractivity contribution >= 4 is 40.2 Å². The van der Waals surface area contributed by atoms with Gasteiger partial charge >= 0.3 is 0 Å². The van der Waals surface area contributed by atoms with E-state index in [4.69, 9.17) is 16.3 Å². The summed E-state index contributed by atoms with van der Waals surface area (Å²) in [6, 6.07) is 5.91. The number of H-pyrrole nitrogens is 1. The van der Waals surface area contributed by atoms with Crippen LogP contribution >= 0.6 is 11.6 Å². The third-order valence-corrected chi connectivity index (χ3v) is 8.80. The quantitative estimate of drug-likeness (QED) is 0.512. The topological polar surface area (TPSA) is 127 Å². The average molecular weight is 540 g/mol. The number of carbonyl (C=O) groups excluding carboxylic acids is 3. The third kappa shape index (κ3) is 5.19. The van der Waals surface area contributed by atoms with Crippen LogP contribution in [0.1, 0.15) is 68.3 Å². The first-order valence-corrected chi connectivity index (χ1v) is 13.9. The number of rotatable bonds is 6. The second-order valence-corrected chi connectivity index (χ2v) is 11.4. The van der Waals surface area contributed by atoms with E-state index in [2.05, 4.69) is 21.7 Å². The van der Waals surface area contributed by atoms with Gasteiger partial charge in [-0.1, -0.05) is 30.9 Å². The minimum Gasteiger partial charge on any atom is -0.497 e. The van der Waals surface area contributed by atoms with Gasteiger partial charge in [-0.25, -0.2) is 0 Å². The van der Waals surface area contributed by atoms with Gasteiger partial charge in [-0.05, 0) is 56.1 Å². The predicted octanol–water partition coefficient (Wildman–Crippen LogP) is 3.92. The second-order valence-electron chi connectivity index (χ2n) is 11.0. The summed E-state index contributed by atoms with van der Waals surface area (Å²) in [6.07, 6.45) is 7.66. The molecule has 38 heavy (non-hydrogen) atoms. The molecule has 0 bridgehead atoms. The summed E-state index contributed by atoms with van der Waals surface area (Å²) in [5.74, 6) is -0.376. The summed E-state index contributed by atoms with van der Waals surface area (Å²) in [5, 5.41) is 16.7. The van der Waals surface area contributed by atoms with Crippen molar-refractivity contribution in [2.24, 2.45) is 11.3 Å².